The molecule has 0 aromatic heterocycles. The van der Waals surface area contributed by atoms with Crippen molar-refractivity contribution in [1.82, 2.24) is 10.2 Å². The van der Waals surface area contributed by atoms with Crippen molar-refractivity contribution in [3.8, 4) is 5.75 Å². The standard InChI is InChI=1S/C17H25BrN2O2/c1-21-14-2-3-16(18)15(12-14)17(13-4-10-22-11-5-13)20-8-6-19-7-9-20/h2-3,12-13,17,19H,4-11H2,1H3/t17-/m0/s1. The van der Waals surface area contributed by atoms with Gasteiger partial charge in [0.15, 0.2) is 0 Å². The summed E-state index contributed by atoms with van der Waals surface area (Å²) in [5, 5.41) is 3.46. The predicted octanol–water partition coefficient (Wildman–Crippen LogP) is 2.83. The zero-order valence-corrected chi connectivity index (χ0v) is 14.8. The number of nitrogens with zero attached hydrogens (tertiary/aromatic N) is 1. The van der Waals surface area contributed by atoms with E-state index in [0.717, 1.165) is 58.0 Å². The van der Waals surface area contributed by atoms with E-state index in [4.69, 9.17) is 9.47 Å². The predicted molar refractivity (Wildman–Crippen MR) is 91.4 cm³/mol. The van der Waals surface area contributed by atoms with E-state index in [1.54, 1.807) is 7.11 Å². The second-order valence-electron chi connectivity index (χ2n) is 6.07. The Morgan fingerprint density at radius 3 is 2.68 bits per heavy atom. The summed E-state index contributed by atoms with van der Waals surface area (Å²) in [5.74, 6) is 1.58. The van der Waals surface area contributed by atoms with Crippen molar-refractivity contribution in [1.29, 1.82) is 0 Å². The molecular formula is C17H25BrN2O2. The van der Waals surface area contributed by atoms with Crippen LogP contribution in [0, 0.1) is 5.92 Å². The van der Waals surface area contributed by atoms with Gasteiger partial charge < -0.3 is 14.8 Å². The maximum absolute atomic E-state index is 5.58. The van der Waals surface area contributed by atoms with Crippen molar-refractivity contribution in [3.63, 3.8) is 0 Å². The van der Waals surface area contributed by atoms with Crippen LogP contribution in [0.25, 0.3) is 0 Å². The van der Waals surface area contributed by atoms with Crippen LogP contribution in [0.3, 0.4) is 0 Å². The summed E-state index contributed by atoms with van der Waals surface area (Å²) in [6.45, 7) is 6.11. The molecule has 22 heavy (non-hydrogen) atoms. The molecule has 0 spiro atoms. The van der Waals surface area contributed by atoms with Crippen LogP contribution in [-0.2, 0) is 4.74 Å². The lowest BCUT2D eigenvalue weighted by molar-refractivity contribution is 0.0210. The molecule has 5 heteroatoms. The van der Waals surface area contributed by atoms with Gasteiger partial charge >= 0.3 is 0 Å². The van der Waals surface area contributed by atoms with Gasteiger partial charge in [-0.1, -0.05) is 15.9 Å². The minimum absolute atomic E-state index is 0.440. The zero-order chi connectivity index (χ0) is 15.4. The van der Waals surface area contributed by atoms with Gasteiger partial charge in [-0.3, -0.25) is 4.90 Å². The molecule has 2 heterocycles. The molecule has 0 bridgehead atoms. The number of hydrogen-bond acceptors (Lipinski definition) is 4. The number of nitrogens with one attached hydrogen (secondary N) is 1. The van der Waals surface area contributed by atoms with Gasteiger partial charge in [-0.15, -0.1) is 0 Å². The Balaban J connectivity index is 1.92. The summed E-state index contributed by atoms with van der Waals surface area (Å²) in [4.78, 5) is 2.63. The fraction of sp³-hybridized carbons (Fsp3) is 0.647. The third kappa shape index (κ3) is 3.65. The Hall–Kier alpha value is -0.620. The fourth-order valence-corrected chi connectivity index (χ4v) is 4.10. The van der Waals surface area contributed by atoms with Gasteiger partial charge in [0.2, 0.25) is 0 Å². The lowest BCUT2D eigenvalue weighted by Gasteiger charge is -2.41. The molecule has 2 fully saturated rings. The summed E-state index contributed by atoms with van der Waals surface area (Å²) in [7, 11) is 1.74. The molecule has 0 unspecified atom stereocenters. The molecule has 3 rings (SSSR count). The Morgan fingerprint density at radius 1 is 1.27 bits per heavy atom. The fourth-order valence-electron chi connectivity index (χ4n) is 3.62. The van der Waals surface area contributed by atoms with Crippen molar-refractivity contribution in [3.05, 3.63) is 28.2 Å². The molecule has 1 aromatic carbocycles. The molecule has 2 aliphatic heterocycles. The van der Waals surface area contributed by atoms with E-state index in [1.807, 2.05) is 6.07 Å². The minimum atomic E-state index is 0.440. The number of benzene rings is 1. The average Bonchev–Trinajstić information content (AvgIpc) is 2.59. The van der Waals surface area contributed by atoms with Crippen molar-refractivity contribution in [2.24, 2.45) is 5.92 Å². The van der Waals surface area contributed by atoms with Crippen LogP contribution in [0.4, 0.5) is 0 Å². The van der Waals surface area contributed by atoms with Crippen molar-refractivity contribution >= 4 is 15.9 Å². The van der Waals surface area contributed by atoms with Crippen molar-refractivity contribution in [2.45, 2.75) is 18.9 Å². The van der Waals surface area contributed by atoms with E-state index in [9.17, 15) is 0 Å². The number of hydrogen-bond donors (Lipinski definition) is 1. The van der Waals surface area contributed by atoms with E-state index in [0.29, 0.717) is 12.0 Å². The highest BCUT2D eigenvalue weighted by atomic mass is 79.9. The number of halogens is 1. The van der Waals surface area contributed by atoms with Crippen LogP contribution in [0.5, 0.6) is 5.75 Å². The highest BCUT2D eigenvalue weighted by Gasteiger charge is 2.32. The van der Waals surface area contributed by atoms with Gasteiger partial charge in [0.05, 0.1) is 7.11 Å². The quantitative estimate of drug-likeness (QED) is 0.885. The topological polar surface area (TPSA) is 33.7 Å². The molecule has 4 nitrogen and oxygen atoms in total. The van der Waals surface area contributed by atoms with Crippen LogP contribution in [0.1, 0.15) is 24.4 Å². The van der Waals surface area contributed by atoms with Gasteiger partial charge in [-0.2, -0.15) is 0 Å². The molecule has 1 atom stereocenters. The summed E-state index contributed by atoms with van der Waals surface area (Å²) >= 11 is 3.76. The number of methoxy groups -OCH3 is 1. The summed E-state index contributed by atoms with van der Waals surface area (Å²) < 4.78 is 12.2. The monoisotopic (exact) mass is 368 g/mol. The normalized spacial score (nSPS) is 22.5. The summed E-state index contributed by atoms with van der Waals surface area (Å²) in [6.07, 6.45) is 2.27. The number of rotatable bonds is 4. The SMILES string of the molecule is COc1ccc(Br)c([C@H](C2CCOCC2)N2CCNCC2)c1. The lowest BCUT2D eigenvalue weighted by Crippen LogP contribution is -2.47. The molecule has 2 aliphatic rings. The Labute approximate surface area is 141 Å². The number of piperazine rings is 1. The first-order valence-electron chi connectivity index (χ1n) is 8.15. The molecular weight excluding hydrogens is 344 g/mol. The zero-order valence-electron chi connectivity index (χ0n) is 13.2. The second-order valence-corrected chi connectivity index (χ2v) is 6.92. The first-order valence-corrected chi connectivity index (χ1v) is 8.95. The Bertz CT molecular complexity index is 468. The first kappa shape index (κ1) is 16.2. The second kappa shape index (κ2) is 7.77. The molecule has 0 amide bonds. The molecule has 2 saturated heterocycles. The van der Waals surface area contributed by atoms with Crippen LogP contribution in [-0.4, -0.2) is 51.4 Å². The van der Waals surface area contributed by atoms with E-state index in [1.165, 1.54) is 10.0 Å². The highest BCUT2D eigenvalue weighted by Crippen LogP contribution is 2.39. The Kier molecular flexibility index (Phi) is 5.74. The minimum Gasteiger partial charge on any atom is -0.497 e. The summed E-state index contributed by atoms with van der Waals surface area (Å²) in [5.41, 5.74) is 1.35. The molecule has 122 valence electrons. The lowest BCUT2D eigenvalue weighted by atomic mass is 9.85. The van der Waals surface area contributed by atoms with Gasteiger partial charge in [0.1, 0.15) is 5.75 Å². The molecule has 0 radical (unpaired) electrons. The summed E-state index contributed by atoms with van der Waals surface area (Å²) in [6, 6.07) is 6.77. The van der Waals surface area contributed by atoms with Gasteiger partial charge in [-0.05, 0) is 42.5 Å². The van der Waals surface area contributed by atoms with Crippen LogP contribution >= 0.6 is 15.9 Å². The largest absolute Gasteiger partial charge is 0.497 e. The van der Waals surface area contributed by atoms with E-state index in [2.05, 4.69) is 38.3 Å². The molecule has 1 N–H and O–H groups in total. The van der Waals surface area contributed by atoms with Crippen LogP contribution < -0.4 is 10.1 Å². The van der Waals surface area contributed by atoms with Crippen molar-refractivity contribution in [2.75, 3.05) is 46.5 Å². The molecule has 1 aromatic rings. The third-order valence-electron chi connectivity index (χ3n) is 4.78. The van der Waals surface area contributed by atoms with Crippen LogP contribution in [0.2, 0.25) is 0 Å². The smallest absolute Gasteiger partial charge is 0.119 e. The molecule has 0 aliphatic carbocycles. The van der Waals surface area contributed by atoms with Gasteiger partial charge in [-0.25, -0.2) is 0 Å². The van der Waals surface area contributed by atoms with Gasteiger partial charge in [0.25, 0.3) is 0 Å². The maximum Gasteiger partial charge on any atom is 0.119 e. The van der Waals surface area contributed by atoms with Crippen LogP contribution in [0.15, 0.2) is 22.7 Å². The average molecular weight is 369 g/mol. The maximum atomic E-state index is 5.58. The first-order chi connectivity index (χ1) is 10.8. The van der Waals surface area contributed by atoms with E-state index >= 15 is 0 Å². The van der Waals surface area contributed by atoms with E-state index in [-0.39, 0.29) is 0 Å². The van der Waals surface area contributed by atoms with E-state index < -0.39 is 0 Å². The Morgan fingerprint density at radius 2 is 2.00 bits per heavy atom. The number of ether oxygens (including phenoxy) is 2. The molecule has 0 saturated carbocycles. The third-order valence-corrected chi connectivity index (χ3v) is 5.50. The highest BCUT2D eigenvalue weighted by molar-refractivity contribution is 9.10. The van der Waals surface area contributed by atoms with Crippen molar-refractivity contribution < 1.29 is 9.47 Å². The van der Waals surface area contributed by atoms with Gasteiger partial charge in [0, 0.05) is 49.9 Å².